The molecule has 1 aromatic carbocycles. The molecular weight excluding hydrogens is 268 g/mol. The van der Waals surface area contributed by atoms with Crippen LogP contribution < -0.4 is 10.1 Å². The van der Waals surface area contributed by atoms with Crippen molar-refractivity contribution in [1.29, 1.82) is 0 Å². The second kappa shape index (κ2) is 6.05. The number of carbonyl (C=O) groups is 1. The maximum atomic E-state index is 13.4. The monoisotopic (exact) mass is 279 g/mol. The first-order chi connectivity index (χ1) is 9.60. The van der Waals surface area contributed by atoms with Crippen LogP contribution in [-0.2, 0) is 0 Å². The van der Waals surface area contributed by atoms with E-state index in [0.717, 1.165) is 12.1 Å². The number of ether oxygens (including phenoxy) is 1. The van der Waals surface area contributed by atoms with Gasteiger partial charge < -0.3 is 10.1 Å². The van der Waals surface area contributed by atoms with Crippen LogP contribution in [0.15, 0.2) is 30.6 Å². The predicted octanol–water partition coefficient (Wildman–Crippen LogP) is 2.41. The number of nitrogens with zero attached hydrogens (tertiary/aromatic N) is 2. The Hall–Kier alpha value is -2.57. The summed E-state index contributed by atoms with van der Waals surface area (Å²) in [7, 11) is 0. The zero-order chi connectivity index (χ0) is 14.5. The van der Waals surface area contributed by atoms with Gasteiger partial charge in [0.2, 0.25) is 0 Å². The predicted molar refractivity (Wildman–Crippen MR) is 67.5 cm³/mol. The van der Waals surface area contributed by atoms with Crippen molar-refractivity contribution in [2.45, 2.75) is 6.92 Å². The van der Waals surface area contributed by atoms with Crippen molar-refractivity contribution in [1.82, 2.24) is 9.97 Å². The lowest BCUT2D eigenvalue weighted by molar-refractivity contribution is 0.102. The minimum absolute atomic E-state index is 0.179. The van der Waals surface area contributed by atoms with E-state index in [4.69, 9.17) is 4.74 Å². The average Bonchev–Trinajstić information content (AvgIpc) is 2.41. The molecule has 2 aromatic rings. The largest absolute Gasteiger partial charge is 0.464 e. The molecule has 0 aliphatic carbocycles. The summed E-state index contributed by atoms with van der Waals surface area (Å²) in [6.07, 6.45) is 2.66. The number of nitrogens with one attached hydrogen (secondary N) is 1. The SMILES string of the molecule is CCOc1ncc(NC(=O)c2ccc(F)cc2F)cn1. The number of carbonyl (C=O) groups excluding carboxylic acids is 1. The van der Waals surface area contributed by atoms with E-state index in [1.807, 2.05) is 0 Å². The standard InChI is InChI=1S/C13H11F2N3O2/c1-2-20-13-16-6-9(7-17-13)18-12(19)10-4-3-8(14)5-11(10)15/h3-7H,2H2,1H3,(H,18,19). The zero-order valence-corrected chi connectivity index (χ0v) is 10.6. The molecule has 0 radical (unpaired) electrons. The van der Waals surface area contributed by atoms with Crippen molar-refractivity contribution in [2.24, 2.45) is 0 Å². The van der Waals surface area contributed by atoms with Crippen molar-refractivity contribution < 1.29 is 18.3 Å². The highest BCUT2D eigenvalue weighted by molar-refractivity contribution is 6.04. The van der Waals surface area contributed by atoms with Crippen LogP contribution in [0.4, 0.5) is 14.5 Å². The van der Waals surface area contributed by atoms with Gasteiger partial charge in [-0.15, -0.1) is 0 Å². The lowest BCUT2D eigenvalue weighted by atomic mass is 10.2. The van der Waals surface area contributed by atoms with Gasteiger partial charge in [0.05, 0.1) is 30.3 Å². The summed E-state index contributed by atoms with van der Waals surface area (Å²) in [5.74, 6) is -2.40. The molecule has 1 heterocycles. The first-order valence-corrected chi connectivity index (χ1v) is 5.81. The van der Waals surface area contributed by atoms with Gasteiger partial charge in [0.25, 0.3) is 5.91 Å². The molecule has 0 spiro atoms. The van der Waals surface area contributed by atoms with E-state index < -0.39 is 17.5 Å². The first kappa shape index (κ1) is 13.9. The summed E-state index contributed by atoms with van der Waals surface area (Å²) >= 11 is 0. The van der Waals surface area contributed by atoms with Gasteiger partial charge in [-0.25, -0.2) is 18.7 Å². The highest BCUT2D eigenvalue weighted by Crippen LogP contribution is 2.13. The lowest BCUT2D eigenvalue weighted by Crippen LogP contribution is -2.14. The van der Waals surface area contributed by atoms with Gasteiger partial charge in [0.1, 0.15) is 11.6 Å². The van der Waals surface area contributed by atoms with Crippen molar-refractivity contribution in [3.8, 4) is 6.01 Å². The third kappa shape index (κ3) is 3.25. The molecule has 0 saturated carbocycles. The van der Waals surface area contributed by atoms with Crippen LogP contribution in [0.25, 0.3) is 0 Å². The second-order valence-electron chi connectivity index (χ2n) is 3.77. The third-order valence-electron chi connectivity index (χ3n) is 2.34. The molecule has 20 heavy (non-hydrogen) atoms. The van der Waals surface area contributed by atoms with Crippen molar-refractivity contribution in [3.05, 3.63) is 47.8 Å². The molecule has 0 fully saturated rings. The molecule has 104 valence electrons. The second-order valence-corrected chi connectivity index (χ2v) is 3.77. The first-order valence-electron chi connectivity index (χ1n) is 5.81. The molecule has 1 amide bonds. The number of halogens is 2. The maximum Gasteiger partial charge on any atom is 0.316 e. The van der Waals surface area contributed by atoms with Gasteiger partial charge in [0, 0.05) is 6.07 Å². The van der Waals surface area contributed by atoms with Crippen molar-refractivity contribution >= 4 is 11.6 Å². The van der Waals surface area contributed by atoms with Gasteiger partial charge in [0.15, 0.2) is 0 Å². The number of hydrogen-bond acceptors (Lipinski definition) is 4. The molecule has 0 saturated heterocycles. The third-order valence-corrected chi connectivity index (χ3v) is 2.34. The van der Waals surface area contributed by atoms with Crippen LogP contribution in [-0.4, -0.2) is 22.5 Å². The van der Waals surface area contributed by atoms with Gasteiger partial charge in [-0.3, -0.25) is 4.79 Å². The lowest BCUT2D eigenvalue weighted by Gasteiger charge is -2.06. The summed E-state index contributed by atoms with van der Waals surface area (Å²) in [6, 6.07) is 2.89. The number of anilines is 1. The fraction of sp³-hybridized carbons (Fsp3) is 0.154. The summed E-state index contributed by atoms with van der Waals surface area (Å²) in [5, 5.41) is 2.41. The Morgan fingerprint density at radius 2 is 2.00 bits per heavy atom. The van der Waals surface area contributed by atoms with Crippen LogP contribution in [0.3, 0.4) is 0 Å². The fourth-order valence-electron chi connectivity index (χ4n) is 1.46. The summed E-state index contributed by atoms with van der Waals surface area (Å²) < 4.78 is 31.2. The van der Waals surface area contributed by atoms with E-state index in [1.54, 1.807) is 6.92 Å². The highest BCUT2D eigenvalue weighted by atomic mass is 19.1. The Morgan fingerprint density at radius 3 is 2.60 bits per heavy atom. The van der Waals surface area contributed by atoms with Gasteiger partial charge in [-0.2, -0.15) is 0 Å². The van der Waals surface area contributed by atoms with E-state index in [2.05, 4.69) is 15.3 Å². The number of amides is 1. The summed E-state index contributed by atoms with van der Waals surface area (Å²) in [6.45, 7) is 2.21. The quantitative estimate of drug-likeness (QED) is 0.933. The van der Waals surface area contributed by atoms with Gasteiger partial charge in [-0.1, -0.05) is 0 Å². The minimum Gasteiger partial charge on any atom is -0.464 e. The molecule has 7 heteroatoms. The van der Waals surface area contributed by atoms with Crippen molar-refractivity contribution in [2.75, 3.05) is 11.9 Å². The van der Waals surface area contributed by atoms with E-state index >= 15 is 0 Å². The van der Waals surface area contributed by atoms with Crippen LogP contribution in [0.1, 0.15) is 17.3 Å². The Morgan fingerprint density at radius 1 is 1.30 bits per heavy atom. The molecule has 0 aliphatic rings. The Labute approximate surface area is 113 Å². The molecule has 0 aliphatic heterocycles. The number of hydrogen-bond donors (Lipinski definition) is 1. The smallest absolute Gasteiger partial charge is 0.316 e. The summed E-state index contributed by atoms with van der Waals surface area (Å²) in [5.41, 5.74) is 0.0162. The Kier molecular flexibility index (Phi) is 4.19. The normalized spacial score (nSPS) is 10.2. The number of rotatable bonds is 4. The molecule has 5 nitrogen and oxygen atoms in total. The molecule has 0 atom stereocenters. The van der Waals surface area contributed by atoms with Crippen LogP contribution in [0.5, 0.6) is 6.01 Å². The zero-order valence-electron chi connectivity index (χ0n) is 10.6. The minimum atomic E-state index is -0.936. The average molecular weight is 279 g/mol. The Bertz CT molecular complexity index is 618. The number of aromatic nitrogens is 2. The summed E-state index contributed by atoms with van der Waals surface area (Å²) in [4.78, 5) is 19.5. The van der Waals surface area contributed by atoms with Gasteiger partial charge in [-0.05, 0) is 19.1 Å². The Balaban J connectivity index is 2.11. The van der Waals surface area contributed by atoms with Crippen LogP contribution in [0.2, 0.25) is 0 Å². The van der Waals surface area contributed by atoms with Crippen LogP contribution >= 0.6 is 0 Å². The molecular formula is C13H11F2N3O2. The molecule has 1 aromatic heterocycles. The van der Waals surface area contributed by atoms with Crippen LogP contribution in [0, 0.1) is 11.6 Å². The molecule has 0 bridgehead atoms. The number of benzene rings is 1. The topological polar surface area (TPSA) is 64.1 Å². The van der Waals surface area contributed by atoms with Gasteiger partial charge >= 0.3 is 6.01 Å². The van der Waals surface area contributed by atoms with E-state index in [9.17, 15) is 13.6 Å². The fourth-order valence-corrected chi connectivity index (χ4v) is 1.46. The molecule has 1 N–H and O–H groups in total. The van der Waals surface area contributed by atoms with E-state index in [0.29, 0.717) is 12.7 Å². The highest BCUT2D eigenvalue weighted by Gasteiger charge is 2.13. The van der Waals surface area contributed by atoms with E-state index in [1.165, 1.54) is 12.4 Å². The van der Waals surface area contributed by atoms with Crippen molar-refractivity contribution in [3.63, 3.8) is 0 Å². The van der Waals surface area contributed by atoms with E-state index in [-0.39, 0.29) is 17.3 Å². The molecule has 2 rings (SSSR count). The maximum absolute atomic E-state index is 13.4. The molecule has 0 unspecified atom stereocenters.